The van der Waals surface area contributed by atoms with Crippen molar-refractivity contribution in [2.45, 2.75) is 6.92 Å². The van der Waals surface area contributed by atoms with Crippen LogP contribution in [0.2, 0.25) is 0 Å². The van der Waals surface area contributed by atoms with Crippen molar-refractivity contribution in [1.29, 1.82) is 5.26 Å². The van der Waals surface area contributed by atoms with Crippen molar-refractivity contribution < 1.29 is 9.53 Å². The summed E-state index contributed by atoms with van der Waals surface area (Å²) >= 11 is 0. The molecule has 5 heteroatoms. The van der Waals surface area contributed by atoms with E-state index >= 15 is 0 Å². The van der Waals surface area contributed by atoms with Gasteiger partial charge >= 0.3 is 5.97 Å². The maximum Gasteiger partial charge on any atom is 0.340 e. The smallest absolute Gasteiger partial charge is 0.340 e. The lowest BCUT2D eigenvalue weighted by Crippen LogP contribution is -2.25. The average molecular weight is 247 g/mol. The summed E-state index contributed by atoms with van der Waals surface area (Å²) in [6.45, 7) is 2.36. The molecule has 0 bridgehead atoms. The van der Waals surface area contributed by atoms with Crippen LogP contribution in [0.15, 0.2) is 18.2 Å². The highest BCUT2D eigenvalue weighted by molar-refractivity contribution is 5.96. The third-order valence-electron chi connectivity index (χ3n) is 2.61. The molecule has 1 rings (SSSR count). The number of carbonyl (C=O) groups is 1. The van der Waals surface area contributed by atoms with Crippen LogP contribution in [0.3, 0.4) is 0 Å². The molecule has 0 aromatic heterocycles. The van der Waals surface area contributed by atoms with Crippen molar-refractivity contribution in [2.75, 3.05) is 31.3 Å². The van der Waals surface area contributed by atoms with Gasteiger partial charge < -0.3 is 15.4 Å². The van der Waals surface area contributed by atoms with Crippen LogP contribution in [0.25, 0.3) is 0 Å². The van der Waals surface area contributed by atoms with Crippen LogP contribution < -0.4 is 10.6 Å². The maximum atomic E-state index is 11.7. The molecule has 0 saturated carbocycles. The van der Waals surface area contributed by atoms with E-state index in [9.17, 15) is 4.79 Å². The highest BCUT2D eigenvalue weighted by Gasteiger charge is 2.16. The third kappa shape index (κ3) is 3.14. The Morgan fingerprint density at radius 2 is 2.28 bits per heavy atom. The van der Waals surface area contributed by atoms with Crippen LogP contribution in [0.1, 0.15) is 17.3 Å². The van der Waals surface area contributed by atoms with Crippen LogP contribution >= 0.6 is 0 Å². The normalized spacial score (nSPS) is 11.4. The second-order valence-corrected chi connectivity index (χ2v) is 4.18. The zero-order valence-corrected chi connectivity index (χ0v) is 10.8. The number of nitriles is 1. The Hall–Kier alpha value is -2.22. The number of hydrogen-bond acceptors (Lipinski definition) is 5. The predicted octanol–water partition coefficient (Wildman–Crippen LogP) is 1.65. The number of rotatable bonds is 4. The van der Waals surface area contributed by atoms with Gasteiger partial charge in [-0.05, 0) is 25.1 Å². The second kappa shape index (κ2) is 5.92. The van der Waals surface area contributed by atoms with Crippen molar-refractivity contribution in [2.24, 2.45) is 5.92 Å². The monoisotopic (exact) mass is 247 g/mol. The lowest BCUT2D eigenvalue weighted by molar-refractivity contribution is 0.0601. The molecular formula is C13H17N3O2. The minimum Gasteiger partial charge on any atom is -0.465 e. The molecule has 2 N–H and O–H groups in total. The first-order valence-electron chi connectivity index (χ1n) is 5.58. The molecule has 0 aliphatic carbocycles. The summed E-state index contributed by atoms with van der Waals surface area (Å²) in [6, 6.07) is 7.21. The molecule has 1 aromatic carbocycles. The lowest BCUT2D eigenvalue weighted by atomic mass is 10.1. The van der Waals surface area contributed by atoms with Gasteiger partial charge in [-0.15, -0.1) is 0 Å². The summed E-state index contributed by atoms with van der Waals surface area (Å²) in [4.78, 5) is 13.5. The average Bonchev–Trinajstić information content (AvgIpc) is 2.37. The van der Waals surface area contributed by atoms with Crippen molar-refractivity contribution >= 4 is 17.3 Å². The van der Waals surface area contributed by atoms with Gasteiger partial charge in [0, 0.05) is 19.3 Å². The van der Waals surface area contributed by atoms with Gasteiger partial charge in [-0.3, -0.25) is 0 Å². The summed E-state index contributed by atoms with van der Waals surface area (Å²) in [5.41, 5.74) is 7.28. The number of esters is 1. The molecule has 0 spiro atoms. The van der Waals surface area contributed by atoms with E-state index in [1.54, 1.807) is 18.2 Å². The Morgan fingerprint density at radius 1 is 1.61 bits per heavy atom. The van der Waals surface area contributed by atoms with E-state index in [1.807, 2.05) is 18.9 Å². The molecule has 1 unspecified atom stereocenters. The standard InChI is InChI=1S/C13H17N3O2/c1-9(7-14)8-16(2)12-5-4-10(15)6-11(12)13(17)18-3/h4-6,9H,8,15H2,1-3H3. The molecule has 18 heavy (non-hydrogen) atoms. The van der Waals surface area contributed by atoms with Gasteiger partial charge in [-0.25, -0.2) is 4.79 Å². The zero-order chi connectivity index (χ0) is 13.7. The number of nitrogens with zero attached hydrogens (tertiary/aromatic N) is 2. The number of ether oxygens (including phenoxy) is 1. The number of benzene rings is 1. The quantitative estimate of drug-likeness (QED) is 0.646. The number of methoxy groups -OCH3 is 1. The molecule has 5 nitrogen and oxygen atoms in total. The Morgan fingerprint density at radius 3 is 2.83 bits per heavy atom. The number of nitrogen functional groups attached to an aromatic ring is 1. The first-order chi connectivity index (χ1) is 8.49. The fourth-order valence-electron chi connectivity index (χ4n) is 1.71. The summed E-state index contributed by atoms with van der Waals surface area (Å²) in [5, 5.41) is 8.81. The van der Waals surface area contributed by atoms with Crippen LogP contribution in [-0.2, 0) is 4.74 Å². The summed E-state index contributed by atoms with van der Waals surface area (Å²) in [5.74, 6) is -0.563. The maximum absolute atomic E-state index is 11.7. The van der Waals surface area contributed by atoms with E-state index in [0.29, 0.717) is 23.5 Å². The summed E-state index contributed by atoms with van der Waals surface area (Å²) in [6.07, 6.45) is 0. The third-order valence-corrected chi connectivity index (χ3v) is 2.61. The molecule has 0 saturated heterocycles. The van der Waals surface area contributed by atoms with Crippen molar-refractivity contribution in [3.05, 3.63) is 23.8 Å². The molecule has 0 aliphatic rings. The minimum absolute atomic E-state index is 0.127. The molecule has 0 radical (unpaired) electrons. The van der Waals surface area contributed by atoms with Crippen molar-refractivity contribution in [1.82, 2.24) is 0 Å². The molecule has 0 aliphatic heterocycles. The fourth-order valence-corrected chi connectivity index (χ4v) is 1.71. The van der Waals surface area contributed by atoms with Crippen LogP contribution in [0, 0.1) is 17.2 Å². The van der Waals surface area contributed by atoms with Crippen LogP contribution in [-0.4, -0.2) is 26.7 Å². The molecule has 0 heterocycles. The SMILES string of the molecule is COC(=O)c1cc(N)ccc1N(C)CC(C)C#N. The molecule has 1 atom stereocenters. The second-order valence-electron chi connectivity index (χ2n) is 4.18. The lowest BCUT2D eigenvalue weighted by Gasteiger charge is -2.22. The largest absolute Gasteiger partial charge is 0.465 e. The summed E-state index contributed by atoms with van der Waals surface area (Å²) in [7, 11) is 3.15. The highest BCUT2D eigenvalue weighted by Crippen LogP contribution is 2.23. The van der Waals surface area contributed by atoms with E-state index in [1.165, 1.54) is 7.11 Å². The molecule has 0 amide bonds. The van der Waals surface area contributed by atoms with E-state index in [-0.39, 0.29) is 5.92 Å². The number of carbonyl (C=O) groups excluding carboxylic acids is 1. The highest BCUT2D eigenvalue weighted by atomic mass is 16.5. The Labute approximate surface area is 107 Å². The Balaban J connectivity index is 3.08. The topological polar surface area (TPSA) is 79.3 Å². The van der Waals surface area contributed by atoms with Gasteiger partial charge in [0.15, 0.2) is 0 Å². The zero-order valence-electron chi connectivity index (χ0n) is 10.8. The van der Waals surface area contributed by atoms with E-state index in [4.69, 9.17) is 15.7 Å². The number of anilines is 2. The number of hydrogen-bond donors (Lipinski definition) is 1. The van der Waals surface area contributed by atoms with Gasteiger partial charge in [-0.1, -0.05) is 0 Å². The molecule has 96 valence electrons. The van der Waals surface area contributed by atoms with Gasteiger partial charge in [0.2, 0.25) is 0 Å². The first kappa shape index (κ1) is 13.8. The van der Waals surface area contributed by atoms with Gasteiger partial charge in [0.1, 0.15) is 0 Å². The van der Waals surface area contributed by atoms with E-state index in [2.05, 4.69) is 6.07 Å². The van der Waals surface area contributed by atoms with E-state index < -0.39 is 5.97 Å². The van der Waals surface area contributed by atoms with Crippen LogP contribution in [0.5, 0.6) is 0 Å². The van der Waals surface area contributed by atoms with Gasteiger partial charge in [0.25, 0.3) is 0 Å². The fraction of sp³-hybridized carbons (Fsp3) is 0.385. The number of nitrogens with two attached hydrogens (primary N) is 1. The molecule has 1 aromatic rings. The van der Waals surface area contributed by atoms with Crippen LogP contribution in [0.4, 0.5) is 11.4 Å². The summed E-state index contributed by atoms with van der Waals surface area (Å²) < 4.78 is 4.73. The van der Waals surface area contributed by atoms with Crippen molar-refractivity contribution in [3.8, 4) is 6.07 Å². The first-order valence-corrected chi connectivity index (χ1v) is 5.58. The van der Waals surface area contributed by atoms with E-state index in [0.717, 1.165) is 0 Å². The Bertz CT molecular complexity index is 480. The molecular weight excluding hydrogens is 230 g/mol. The van der Waals surface area contributed by atoms with Crippen molar-refractivity contribution in [3.63, 3.8) is 0 Å². The molecule has 0 fully saturated rings. The minimum atomic E-state index is -0.436. The van der Waals surface area contributed by atoms with Gasteiger partial charge in [-0.2, -0.15) is 5.26 Å². The predicted molar refractivity (Wildman–Crippen MR) is 70.2 cm³/mol. The van der Waals surface area contributed by atoms with Gasteiger partial charge in [0.05, 0.1) is 30.3 Å². The Kier molecular flexibility index (Phi) is 4.55.